The molecule has 0 radical (unpaired) electrons. The third-order valence-corrected chi connectivity index (χ3v) is 6.41. The third-order valence-electron chi connectivity index (χ3n) is 4.79. The number of halogens is 1. The molecule has 0 saturated carbocycles. The van der Waals surface area contributed by atoms with Crippen LogP contribution >= 0.6 is 27.3 Å². The van der Waals surface area contributed by atoms with Crippen LogP contribution in [-0.2, 0) is 4.74 Å². The van der Waals surface area contributed by atoms with Crippen LogP contribution in [-0.4, -0.2) is 45.9 Å². The van der Waals surface area contributed by atoms with E-state index in [0.29, 0.717) is 17.1 Å². The van der Waals surface area contributed by atoms with E-state index < -0.39 is 23.2 Å². The van der Waals surface area contributed by atoms with Crippen LogP contribution in [0, 0.1) is 11.3 Å². The minimum absolute atomic E-state index is 0.155. The number of carbonyl (C=O) groups excluding carboxylic acids is 2. The number of piperidine rings is 1. The van der Waals surface area contributed by atoms with E-state index in [9.17, 15) is 9.59 Å². The van der Waals surface area contributed by atoms with Crippen LogP contribution in [0.1, 0.15) is 47.6 Å². The Hall–Kier alpha value is -2.28. The second-order valence-corrected chi connectivity index (χ2v) is 10.2. The molecule has 3 atom stereocenters. The van der Waals surface area contributed by atoms with Crippen molar-refractivity contribution in [3.63, 3.8) is 0 Å². The van der Waals surface area contributed by atoms with Crippen LogP contribution in [0.15, 0.2) is 35.8 Å². The molecule has 1 aromatic heterocycles. The van der Waals surface area contributed by atoms with Gasteiger partial charge in [0, 0.05) is 35.4 Å². The van der Waals surface area contributed by atoms with Crippen LogP contribution < -0.4 is 10.6 Å². The Labute approximate surface area is 188 Å². The van der Waals surface area contributed by atoms with E-state index in [-0.39, 0.29) is 17.2 Å². The quantitative estimate of drug-likeness (QED) is 0.500. The molecule has 0 bridgehead atoms. The molecule has 3 rings (SSSR count). The molecule has 2 aromatic rings. The molecule has 1 aromatic carbocycles. The fourth-order valence-electron chi connectivity index (χ4n) is 3.61. The molecule has 1 fully saturated rings. The highest BCUT2D eigenvalue weighted by molar-refractivity contribution is 9.09. The number of ketones is 1. The molecule has 9 heteroatoms. The minimum Gasteiger partial charge on any atom is -0.444 e. The van der Waals surface area contributed by atoms with Gasteiger partial charge in [-0.25, -0.2) is 9.78 Å². The third kappa shape index (κ3) is 4.72. The first-order valence-electron chi connectivity index (χ1n) is 9.46. The number of rotatable bonds is 4. The van der Waals surface area contributed by atoms with Gasteiger partial charge < -0.3 is 15.4 Å². The zero-order chi connectivity index (χ0) is 21.9. The van der Waals surface area contributed by atoms with Gasteiger partial charge in [-0.2, -0.15) is 5.26 Å². The molecule has 7 nitrogen and oxygen atoms in total. The maximum Gasteiger partial charge on any atom is 0.408 e. The number of aromatic nitrogens is 1. The van der Waals surface area contributed by atoms with Crippen molar-refractivity contribution in [1.82, 2.24) is 15.6 Å². The van der Waals surface area contributed by atoms with Gasteiger partial charge in [0.1, 0.15) is 11.1 Å². The monoisotopic (exact) mass is 490 g/mol. The summed E-state index contributed by atoms with van der Waals surface area (Å²) in [5, 5.41) is 17.3. The molecule has 2 unspecified atom stereocenters. The first kappa shape index (κ1) is 22.4. The summed E-state index contributed by atoms with van der Waals surface area (Å²) in [7, 11) is 0. The molecule has 30 heavy (non-hydrogen) atoms. The van der Waals surface area contributed by atoms with Crippen LogP contribution in [0.2, 0.25) is 0 Å². The predicted octanol–water partition coefficient (Wildman–Crippen LogP) is 3.61. The van der Waals surface area contributed by atoms with Crippen molar-refractivity contribution in [2.75, 3.05) is 13.1 Å². The highest BCUT2D eigenvalue weighted by Crippen LogP contribution is 2.40. The Bertz CT molecular complexity index is 950. The topological polar surface area (TPSA) is 104 Å². The van der Waals surface area contributed by atoms with Gasteiger partial charge in [0.2, 0.25) is 5.78 Å². The molecule has 0 spiro atoms. The summed E-state index contributed by atoms with van der Waals surface area (Å²) in [6.07, 6.45) is 0.895. The molecular weight excluding hydrogens is 468 g/mol. The number of nitrogens with one attached hydrogen (secondary N) is 2. The van der Waals surface area contributed by atoms with E-state index in [1.807, 2.05) is 12.1 Å². The Morgan fingerprint density at radius 1 is 1.37 bits per heavy atom. The predicted molar refractivity (Wildman–Crippen MR) is 118 cm³/mol. The number of carbonyl (C=O) groups is 2. The Morgan fingerprint density at radius 3 is 2.63 bits per heavy atom. The average Bonchev–Trinajstić information content (AvgIpc) is 3.21. The number of amides is 1. The van der Waals surface area contributed by atoms with E-state index in [1.54, 1.807) is 44.5 Å². The molecular formula is C21H23BrN4O3S. The molecule has 1 amide bonds. The largest absolute Gasteiger partial charge is 0.444 e. The van der Waals surface area contributed by atoms with Crippen molar-refractivity contribution in [3.8, 4) is 6.07 Å². The number of nitrogens with zero attached hydrogens (tertiary/aromatic N) is 2. The summed E-state index contributed by atoms with van der Waals surface area (Å²) in [5.41, 5.74) is -0.676. The molecule has 158 valence electrons. The summed E-state index contributed by atoms with van der Waals surface area (Å²) in [4.78, 5) is 30.5. The van der Waals surface area contributed by atoms with Gasteiger partial charge in [-0.1, -0.05) is 28.1 Å². The minimum atomic E-state index is -1.32. The van der Waals surface area contributed by atoms with Crippen molar-refractivity contribution in [1.29, 1.82) is 5.26 Å². The number of alkyl carbamates (subject to hydrolysis) is 1. The fraction of sp³-hybridized carbons (Fsp3) is 0.429. The lowest BCUT2D eigenvalue weighted by atomic mass is 9.72. The zero-order valence-electron chi connectivity index (χ0n) is 16.9. The smallest absolute Gasteiger partial charge is 0.408 e. The van der Waals surface area contributed by atoms with Gasteiger partial charge in [-0.15, -0.1) is 11.3 Å². The van der Waals surface area contributed by atoms with Gasteiger partial charge in [0.25, 0.3) is 0 Å². The Morgan fingerprint density at radius 2 is 2.07 bits per heavy atom. The van der Waals surface area contributed by atoms with E-state index in [1.165, 1.54) is 11.3 Å². The summed E-state index contributed by atoms with van der Waals surface area (Å²) in [6, 6.07) is 9.17. The van der Waals surface area contributed by atoms with Gasteiger partial charge in [0.15, 0.2) is 5.01 Å². The summed E-state index contributed by atoms with van der Waals surface area (Å²) < 4.78 is 5.48. The van der Waals surface area contributed by atoms with Gasteiger partial charge in [-0.3, -0.25) is 4.79 Å². The van der Waals surface area contributed by atoms with Crippen LogP contribution in [0.4, 0.5) is 4.79 Å². The maximum absolute atomic E-state index is 13.7. The zero-order valence-corrected chi connectivity index (χ0v) is 19.3. The number of alkyl halides is 1. The first-order valence-corrected chi connectivity index (χ1v) is 11.3. The number of hydrogen-bond acceptors (Lipinski definition) is 7. The second kappa shape index (κ2) is 8.84. The van der Waals surface area contributed by atoms with Crippen molar-refractivity contribution in [2.24, 2.45) is 0 Å². The molecule has 1 saturated heterocycles. The standard InChI is InChI=1S/C21H23BrN4O3S/c1-20(2,3)29-19(28)26-21(17(27)18-25-8-9-30-18)12-24-11-15(22)16(21)14-6-4-13(10-23)5-7-14/h4-9,15-16,24H,11-12H2,1-3H3,(H,26,28)/t15?,16?,21-/m0/s1. The van der Waals surface area contributed by atoms with Crippen molar-refractivity contribution in [3.05, 3.63) is 52.0 Å². The van der Waals surface area contributed by atoms with E-state index in [0.717, 1.165) is 5.56 Å². The number of ether oxygens (including phenoxy) is 1. The molecule has 0 aliphatic carbocycles. The average molecular weight is 491 g/mol. The maximum atomic E-state index is 13.7. The Kier molecular flexibility index (Phi) is 6.60. The summed E-state index contributed by atoms with van der Waals surface area (Å²) >= 11 is 4.93. The first-order chi connectivity index (χ1) is 14.2. The van der Waals surface area contributed by atoms with Crippen molar-refractivity contribution >= 4 is 39.1 Å². The lowest BCUT2D eigenvalue weighted by Crippen LogP contribution is -2.69. The molecule has 1 aliphatic heterocycles. The number of Topliss-reactive ketones (excluding diaryl/α,β-unsaturated/α-hetero) is 1. The molecule has 2 heterocycles. The normalized spacial score (nSPS) is 24.0. The van der Waals surface area contributed by atoms with Gasteiger partial charge >= 0.3 is 6.09 Å². The van der Waals surface area contributed by atoms with Crippen LogP contribution in [0.3, 0.4) is 0 Å². The number of benzene rings is 1. The molecule has 2 N–H and O–H groups in total. The van der Waals surface area contributed by atoms with E-state index >= 15 is 0 Å². The Balaban J connectivity index is 2.09. The summed E-state index contributed by atoms with van der Waals surface area (Å²) in [5.74, 6) is -0.690. The highest BCUT2D eigenvalue weighted by Gasteiger charge is 2.53. The van der Waals surface area contributed by atoms with Crippen molar-refractivity contribution in [2.45, 2.75) is 42.7 Å². The second-order valence-electron chi connectivity index (χ2n) is 8.12. The number of thiazole rings is 1. The summed E-state index contributed by atoms with van der Waals surface area (Å²) in [6.45, 7) is 6.14. The van der Waals surface area contributed by atoms with E-state index in [4.69, 9.17) is 10.00 Å². The van der Waals surface area contributed by atoms with Gasteiger partial charge in [0.05, 0.1) is 11.6 Å². The lowest BCUT2D eigenvalue weighted by Gasteiger charge is -2.46. The molecule has 1 aliphatic rings. The number of nitriles is 1. The van der Waals surface area contributed by atoms with E-state index in [2.05, 4.69) is 37.6 Å². The fourth-order valence-corrected chi connectivity index (χ4v) is 5.26. The number of hydrogen-bond donors (Lipinski definition) is 2. The highest BCUT2D eigenvalue weighted by atomic mass is 79.9. The SMILES string of the molecule is CC(C)(C)OC(=O)N[C@@]1(C(=O)c2nccs2)CNCC(Br)C1c1ccc(C#N)cc1. The lowest BCUT2D eigenvalue weighted by molar-refractivity contribution is 0.0394. The van der Waals surface area contributed by atoms with Crippen LogP contribution in [0.5, 0.6) is 0 Å². The van der Waals surface area contributed by atoms with Crippen molar-refractivity contribution < 1.29 is 14.3 Å². The van der Waals surface area contributed by atoms with Gasteiger partial charge in [-0.05, 0) is 38.5 Å². The van der Waals surface area contributed by atoms with Crippen LogP contribution in [0.25, 0.3) is 0 Å².